The summed E-state index contributed by atoms with van der Waals surface area (Å²) in [4.78, 5) is 13.7. The van der Waals surface area contributed by atoms with Gasteiger partial charge in [-0.3, -0.25) is 4.79 Å². The van der Waals surface area contributed by atoms with E-state index < -0.39 is 0 Å². The summed E-state index contributed by atoms with van der Waals surface area (Å²) >= 11 is 2.77. The third-order valence-corrected chi connectivity index (χ3v) is 4.43. The predicted octanol–water partition coefficient (Wildman–Crippen LogP) is 3.90. The minimum atomic E-state index is 0.0990. The molecule has 0 heterocycles. The molecule has 0 unspecified atom stereocenters. The highest BCUT2D eigenvalue weighted by Gasteiger charge is 2.05. The van der Waals surface area contributed by atoms with Crippen molar-refractivity contribution in [2.75, 3.05) is 5.75 Å². The molecule has 0 atom stereocenters. The number of phenols is 2. The van der Waals surface area contributed by atoms with Crippen molar-refractivity contribution in [3.63, 3.8) is 0 Å². The lowest BCUT2D eigenvalue weighted by atomic mass is 10.3. The second-order valence-electron chi connectivity index (χ2n) is 4.06. The molecule has 2 aromatic rings. The SMILES string of the molecule is O=C(CCSc1ccc(O)cc1)Sc1ccc(O)cc1. The number of benzene rings is 2. The maximum Gasteiger partial charge on any atom is 0.194 e. The largest absolute Gasteiger partial charge is 0.508 e. The highest BCUT2D eigenvalue weighted by Crippen LogP contribution is 2.25. The zero-order chi connectivity index (χ0) is 14.4. The van der Waals surface area contributed by atoms with Crippen molar-refractivity contribution in [1.29, 1.82) is 0 Å². The van der Waals surface area contributed by atoms with Crippen LogP contribution in [0.1, 0.15) is 6.42 Å². The van der Waals surface area contributed by atoms with Crippen LogP contribution < -0.4 is 0 Å². The molecule has 0 amide bonds. The zero-order valence-corrected chi connectivity index (χ0v) is 12.3. The first kappa shape index (κ1) is 14.8. The van der Waals surface area contributed by atoms with E-state index in [4.69, 9.17) is 10.2 Å². The van der Waals surface area contributed by atoms with Crippen LogP contribution in [-0.4, -0.2) is 21.1 Å². The van der Waals surface area contributed by atoms with Gasteiger partial charge >= 0.3 is 0 Å². The Balaban J connectivity index is 1.75. The summed E-state index contributed by atoms with van der Waals surface area (Å²) in [6.07, 6.45) is 0.469. The third kappa shape index (κ3) is 4.83. The Hall–Kier alpha value is -1.59. The number of thioether (sulfide) groups is 2. The van der Waals surface area contributed by atoms with E-state index in [0.717, 1.165) is 9.79 Å². The van der Waals surface area contributed by atoms with Crippen molar-refractivity contribution in [2.24, 2.45) is 0 Å². The number of carbonyl (C=O) groups excluding carboxylic acids is 1. The van der Waals surface area contributed by atoms with Crippen LogP contribution in [0.25, 0.3) is 0 Å². The Labute approximate surface area is 126 Å². The number of carbonyl (C=O) groups is 1. The predicted molar refractivity (Wildman–Crippen MR) is 82.4 cm³/mol. The highest BCUT2D eigenvalue weighted by molar-refractivity contribution is 8.13. The number of hydrogen-bond donors (Lipinski definition) is 2. The lowest BCUT2D eigenvalue weighted by Gasteiger charge is -2.02. The molecule has 0 bridgehead atoms. The van der Waals surface area contributed by atoms with Crippen LogP contribution in [-0.2, 0) is 4.79 Å². The average molecular weight is 306 g/mol. The molecule has 0 aliphatic carbocycles. The quantitative estimate of drug-likeness (QED) is 0.821. The molecule has 0 aliphatic rings. The minimum absolute atomic E-state index is 0.0990. The first-order valence-corrected chi connectivity index (χ1v) is 7.85. The van der Waals surface area contributed by atoms with E-state index >= 15 is 0 Å². The summed E-state index contributed by atoms with van der Waals surface area (Å²) in [5, 5.41) is 18.4. The van der Waals surface area contributed by atoms with Gasteiger partial charge in [0.2, 0.25) is 0 Å². The fourth-order valence-electron chi connectivity index (χ4n) is 1.49. The van der Waals surface area contributed by atoms with Crippen molar-refractivity contribution in [1.82, 2.24) is 0 Å². The summed E-state index contributed by atoms with van der Waals surface area (Å²) in [6, 6.07) is 13.5. The van der Waals surface area contributed by atoms with Gasteiger partial charge in [-0.15, -0.1) is 11.8 Å². The second kappa shape index (κ2) is 7.26. The first-order chi connectivity index (χ1) is 9.63. The number of aromatic hydroxyl groups is 2. The van der Waals surface area contributed by atoms with Gasteiger partial charge in [-0.2, -0.15) is 0 Å². The number of phenolic OH excluding ortho intramolecular Hbond substituents is 2. The van der Waals surface area contributed by atoms with Gasteiger partial charge in [-0.05, 0) is 48.5 Å². The van der Waals surface area contributed by atoms with Crippen molar-refractivity contribution < 1.29 is 15.0 Å². The van der Waals surface area contributed by atoms with E-state index in [1.54, 1.807) is 48.2 Å². The Morgan fingerprint density at radius 1 is 0.850 bits per heavy atom. The molecular formula is C15H14O3S2. The molecule has 104 valence electrons. The Kier molecular flexibility index (Phi) is 5.38. The molecule has 2 rings (SSSR count). The summed E-state index contributed by atoms with van der Waals surface area (Å²) in [7, 11) is 0. The molecule has 0 aliphatic heterocycles. The molecule has 0 radical (unpaired) electrons. The standard InChI is InChI=1S/C15H14O3S2/c16-11-1-5-13(6-2-11)19-10-9-15(18)20-14-7-3-12(17)4-8-14/h1-8,16-17H,9-10H2. The summed E-state index contributed by atoms with van der Waals surface area (Å²) in [6.45, 7) is 0. The molecule has 3 nitrogen and oxygen atoms in total. The molecule has 0 aromatic heterocycles. The van der Waals surface area contributed by atoms with Crippen LogP contribution in [0.4, 0.5) is 0 Å². The maximum absolute atomic E-state index is 11.8. The molecule has 0 spiro atoms. The molecule has 2 N–H and O–H groups in total. The molecule has 5 heteroatoms. The van der Waals surface area contributed by atoms with Gasteiger partial charge in [0.15, 0.2) is 5.12 Å². The highest BCUT2D eigenvalue weighted by atomic mass is 32.2. The van der Waals surface area contributed by atoms with Gasteiger partial charge in [-0.25, -0.2) is 0 Å². The summed E-state index contributed by atoms with van der Waals surface area (Å²) in [5.74, 6) is 1.15. The first-order valence-electron chi connectivity index (χ1n) is 6.05. The van der Waals surface area contributed by atoms with Crippen LogP contribution in [0, 0.1) is 0 Å². The molecule has 2 aromatic carbocycles. The number of rotatable bonds is 5. The van der Waals surface area contributed by atoms with Gasteiger partial charge in [0.05, 0.1) is 0 Å². The third-order valence-electron chi connectivity index (χ3n) is 2.48. The Morgan fingerprint density at radius 2 is 1.35 bits per heavy atom. The summed E-state index contributed by atoms with van der Waals surface area (Å²) in [5.41, 5.74) is 0. The van der Waals surface area contributed by atoms with Gasteiger partial charge in [0, 0.05) is 22.0 Å². The van der Waals surface area contributed by atoms with Crippen LogP contribution in [0.3, 0.4) is 0 Å². The molecule has 20 heavy (non-hydrogen) atoms. The van der Waals surface area contributed by atoms with Crippen molar-refractivity contribution in [2.45, 2.75) is 16.2 Å². The van der Waals surface area contributed by atoms with E-state index in [2.05, 4.69) is 0 Å². The van der Waals surface area contributed by atoms with E-state index in [1.165, 1.54) is 11.8 Å². The monoisotopic (exact) mass is 306 g/mol. The minimum Gasteiger partial charge on any atom is -0.508 e. The molecule has 0 saturated heterocycles. The Bertz CT molecular complexity index is 565. The van der Waals surface area contributed by atoms with E-state index in [9.17, 15) is 4.79 Å². The fourth-order valence-corrected chi connectivity index (χ4v) is 3.21. The van der Waals surface area contributed by atoms with E-state index in [-0.39, 0.29) is 16.6 Å². The topological polar surface area (TPSA) is 57.5 Å². The van der Waals surface area contributed by atoms with Gasteiger partial charge in [-0.1, -0.05) is 11.8 Å². The van der Waals surface area contributed by atoms with Crippen LogP contribution in [0.2, 0.25) is 0 Å². The van der Waals surface area contributed by atoms with Crippen molar-refractivity contribution in [3.8, 4) is 11.5 Å². The normalized spacial score (nSPS) is 10.4. The average Bonchev–Trinajstić information content (AvgIpc) is 2.44. The molecule has 0 saturated carbocycles. The van der Waals surface area contributed by atoms with Gasteiger partial charge in [0.25, 0.3) is 0 Å². The summed E-state index contributed by atoms with van der Waals surface area (Å²) < 4.78 is 0. The van der Waals surface area contributed by atoms with Gasteiger partial charge in [0.1, 0.15) is 11.5 Å². The van der Waals surface area contributed by atoms with Crippen molar-refractivity contribution in [3.05, 3.63) is 48.5 Å². The van der Waals surface area contributed by atoms with Crippen LogP contribution in [0.5, 0.6) is 11.5 Å². The second-order valence-corrected chi connectivity index (χ2v) is 6.36. The van der Waals surface area contributed by atoms with Crippen molar-refractivity contribution >= 4 is 28.6 Å². The fraction of sp³-hybridized carbons (Fsp3) is 0.133. The molecule has 0 fully saturated rings. The smallest absolute Gasteiger partial charge is 0.194 e. The number of hydrogen-bond acceptors (Lipinski definition) is 5. The zero-order valence-electron chi connectivity index (χ0n) is 10.7. The van der Waals surface area contributed by atoms with E-state index in [0.29, 0.717) is 12.2 Å². The van der Waals surface area contributed by atoms with Crippen LogP contribution in [0.15, 0.2) is 58.3 Å². The van der Waals surface area contributed by atoms with E-state index in [1.807, 2.05) is 12.1 Å². The van der Waals surface area contributed by atoms with Gasteiger partial charge < -0.3 is 10.2 Å². The Morgan fingerprint density at radius 3 is 1.90 bits per heavy atom. The molecular weight excluding hydrogens is 292 g/mol. The maximum atomic E-state index is 11.8. The lowest BCUT2D eigenvalue weighted by molar-refractivity contribution is -0.110. The lowest BCUT2D eigenvalue weighted by Crippen LogP contribution is -1.93. The van der Waals surface area contributed by atoms with Crippen LogP contribution >= 0.6 is 23.5 Å².